The highest BCUT2D eigenvalue weighted by Gasteiger charge is 2.32. The number of hydrogen-bond acceptors (Lipinski definition) is 7. The Kier molecular flexibility index (Phi) is 10.9. The van der Waals surface area contributed by atoms with Gasteiger partial charge in [0.25, 0.3) is 11.5 Å². The van der Waals surface area contributed by atoms with E-state index < -0.39 is 0 Å². The molecule has 196 valence electrons. The smallest absolute Gasteiger partial charge is 0.267 e. The van der Waals surface area contributed by atoms with E-state index in [4.69, 9.17) is 21.9 Å². The van der Waals surface area contributed by atoms with Crippen LogP contribution in [-0.4, -0.2) is 50.3 Å². The number of anilines is 1. The van der Waals surface area contributed by atoms with Crippen LogP contribution in [0.3, 0.4) is 0 Å². The summed E-state index contributed by atoms with van der Waals surface area (Å²) in [5, 5.41) is 3.30. The zero-order valence-corrected chi connectivity index (χ0v) is 23.5. The molecule has 36 heavy (non-hydrogen) atoms. The average Bonchev–Trinajstić information content (AvgIpc) is 3.11. The van der Waals surface area contributed by atoms with E-state index in [1.54, 1.807) is 17.2 Å². The van der Waals surface area contributed by atoms with Crippen LogP contribution in [0.5, 0.6) is 0 Å². The van der Waals surface area contributed by atoms with Crippen molar-refractivity contribution in [2.45, 2.75) is 78.7 Å². The lowest BCUT2D eigenvalue weighted by Crippen LogP contribution is -2.29. The summed E-state index contributed by atoms with van der Waals surface area (Å²) >= 11 is 6.76. The van der Waals surface area contributed by atoms with Gasteiger partial charge >= 0.3 is 0 Å². The van der Waals surface area contributed by atoms with E-state index in [0.717, 1.165) is 24.8 Å². The van der Waals surface area contributed by atoms with Gasteiger partial charge < -0.3 is 10.1 Å². The molecule has 0 unspecified atom stereocenters. The SMILES string of the molecule is CCCCCCCCN1C(=O)C(=Cc2c(NCCCOC(C)C)nc3c(C)cccn3c2=O)SC1=S. The first-order valence-corrected chi connectivity index (χ1v) is 14.2. The number of thioether (sulfide) groups is 1. The van der Waals surface area contributed by atoms with E-state index in [-0.39, 0.29) is 17.6 Å². The van der Waals surface area contributed by atoms with Gasteiger partial charge in [0.2, 0.25) is 0 Å². The summed E-state index contributed by atoms with van der Waals surface area (Å²) in [5.74, 6) is 0.337. The molecular formula is C27H38N4O3S2. The van der Waals surface area contributed by atoms with Gasteiger partial charge in [-0.05, 0) is 51.3 Å². The molecule has 2 aromatic heterocycles. The molecule has 0 saturated carbocycles. The molecule has 2 aromatic rings. The van der Waals surface area contributed by atoms with Gasteiger partial charge in [-0.15, -0.1) is 0 Å². The number of nitrogens with zero attached hydrogens (tertiary/aromatic N) is 3. The van der Waals surface area contributed by atoms with E-state index >= 15 is 0 Å². The standard InChI is InChI=1S/C27H38N4O3S2/c1-5-6-7-8-9-10-15-31-26(33)22(36-27(31)35)18-21-23(28-14-12-17-34-19(2)3)29-24-20(4)13-11-16-30(24)25(21)32/h11,13,16,18-19,28H,5-10,12,14-15,17H2,1-4H3. The van der Waals surface area contributed by atoms with Crippen LogP contribution in [0.4, 0.5) is 5.82 Å². The second-order valence-electron chi connectivity index (χ2n) is 9.37. The molecule has 3 rings (SSSR count). The third-order valence-electron chi connectivity index (χ3n) is 6.03. The van der Waals surface area contributed by atoms with Crippen LogP contribution in [0.25, 0.3) is 11.7 Å². The summed E-state index contributed by atoms with van der Waals surface area (Å²) in [4.78, 5) is 33.5. The molecule has 1 saturated heterocycles. The first-order valence-electron chi connectivity index (χ1n) is 13.0. The fourth-order valence-corrected chi connectivity index (χ4v) is 5.34. The highest BCUT2D eigenvalue weighted by atomic mass is 32.2. The quantitative estimate of drug-likeness (QED) is 0.188. The number of nitrogens with one attached hydrogen (secondary N) is 1. The monoisotopic (exact) mass is 530 g/mol. The summed E-state index contributed by atoms with van der Waals surface area (Å²) in [6.45, 7) is 9.96. The predicted octanol–water partition coefficient (Wildman–Crippen LogP) is 5.79. The van der Waals surface area contributed by atoms with Crippen LogP contribution in [0.15, 0.2) is 28.0 Å². The Morgan fingerprint density at radius 1 is 1.17 bits per heavy atom. The van der Waals surface area contributed by atoms with Crippen molar-refractivity contribution >= 4 is 51.7 Å². The van der Waals surface area contributed by atoms with Crippen LogP contribution in [-0.2, 0) is 9.53 Å². The molecule has 1 fully saturated rings. The third-order valence-corrected chi connectivity index (χ3v) is 7.41. The van der Waals surface area contributed by atoms with Gasteiger partial charge in [0.05, 0.1) is 16.6 Å². The number of carbonyl (C=O) groups is 1. The third kappa shape index (κ3) is 7.40. The van der Waals surface area contributed by atoms with Crippen LogP contribution in [0, 0.1) is 6.92 Å². The second kappa shape index (κ2) is 13.9. The van der Waals surface area contributed by atoms with Gasteiger partial charge in [0.1, 0.15) is 15.8 Å². The van der Waals surface area contributed by atoms with Crippen molar-refractivity contribution in [2.24, 2.45) is 0 Å². The summed E-state index contributed by atoms with van der Waals surface area (Å²) in [6, 6.07) is 3.75. The minimum absolute atomic E-state index is 0.136. The van der Waals surface area contributed by atoms with Gasteiger partial charge in [-0.3, -0.25) is 18.9 Å². The number of aryl methyl sites for hydroxylation is 1. The van der Waals surface area contributed by atoms with E-state index in [9.17, 15) is 9.59 Å². The molecular weight excluding hydrogens is 492 g/mol. The first kappa shape index (κ1) is 28.3. The van der Waals surface area contributed by atoms with Crippen molar-refractivity contribution in [1.82, 2.24) is 14.3 Å². The largest absolute Gasteiger partial charge is 0.379 e. The molecule has 1 N–H and O–H groups in total. The van der Waals surface area contributed by atoms with E-state index in [2.05, 4.69) is 12.2 Å². The zero-order chi connectivity index (χ0) is 26.1. The summed E-state index contributed by atoms with van der Waals surface area (Å²) in [5.41, 5.74) is 1.64. The van der Waals surface area contributed by atoms with Crippen LogP contribution < -0.4 is 10.9 Å². The lowest BCUT2D eigenvalue weighted by molar-refractivity contribution is -0.122. The van der Waals surface area contributed by atoms with Crippen molar-refractivity contribution < 1.29 is 9.53 Å². The number of fused-ring (bicyclic) bond motifs is 1. The number of rotatable bonds is 14. The molecule has 0 aliphatic carbocycles. The molecule has 0 aromatic carbocycles. The van der Waals surface area contributed by atoms with Crippen LogP contribution in [0.1, 0.15) is 76.8 Å². The topological polar surface area (TPSA) is 75.9 Å². The predicted molar refractivity (Wildman–Crippen MR) is 154 cm³/mol. The number of aromatic nitrogens is 2. The Morgan fingerprint density at radius 2 is 1.92 bits per heavy atom. The molecule has 0 atom stereocenters. The molecule has 0 bridgehead atoms. The Labute approximate surface area is 223 Å². The summed E-state index contributed by atoms with van der Waals surface area (Å²) in [6.07, 6.45) is 11.2. The molecule has 9 heteroatoms. The fraction of sp³-hybridized carbons (Fsp3) is 0.556. The van der Waals surface area contributed by atoms with E-state index in [0.29, 0.717) is 46.0 Å². The Balaban J connectivity index is 1.81. The van der Waals surface area contributed by atoms with Crippen molar-refractivity contribution in [2.75, 3.05) is 25.0 Å². The second-order valence-corrected chi connectivity index (χ2v) is 11.0. The van der Waals surface area contributed by atoms with Crippen LogP contribution >= 0.6 is 24.0 Å². The molecule has 1 aliphatic heterocycles. The lowest BCUT2D eigenvalue weighted by atomic mass is 10.1. The zero-order valence-electron chi connectivity index (χ0n) is 21.8. The molecule has 0 spiro atoms. The summed E-state index contributed by atoms with van der Waals surface area (Å²) < 4.78 is 7.70. The lowest BCUT2D eigenvalue weighted by Gasteiger charge is -2.14. The number of pyridine rings is 1. The minimum atomic E-state index is -0.217. The van der Waals surface area contributed by atoms with Gasteiger partial charge in [-0.25, -0.2) is 4.98 Å². The van der Waals surface area contributed by atoms with Gasteiger partial charge in [0, 0.05) is 25.9 Å². The average molecular weight is 531 g/mol. The van der Waals surface area contributed by atoms with Gasteiger partial charge in [-0.2, -0.15) is 0 Å². The number of amides is 1. The number of unbranched alkanes of at least 4 members (excludes halogenated alkanes) is 5. The Bertz CT molecular complexity index is 1160. The fourth-order valence-electron chi connectivity index (χ4n) is 4.05. The maximum atomic E-state index is 13.5. The Hall–Kier alpha value is -2.23. The minimum Gasteiger partial charge on any atom is -0.379 e. The van der Waals surface area contributed by atoms with Gasteiger partial charge in [-0.1, -0.05) is 69.1 Å². The molecule has 0 radical (unpaired) electrons. The van der Waals surface area contributed by atoms with Crippen molar-refractivity contribution in [1.29, 1.82) is 0 Å². The van der Waals surface area contributed by atoms with Crippen molar-refractivity contribution in [3.05, 3.63) is 44.7 Å². The highest BCUT2D eigenvalue weighted by molar-refractivity contribution is 8.26. The molecule has 1 aliphatic rings. The van der Waals surface area contributed by atoms with E-state index in [1.807, 2.05) is 32.9 Å². The Morgan fingerprint density at radius 3 is 2.67 bits per heavy atom. The normalized spacial score (nSPS) is 15.1. The maximum Gasteiger partial charge on any atom is 0.267 e. The van der Waals surface area contributed by atoms with Crippen molar-refractivity contribution in [3.8, 4) is 0 Å². The van der Waals surface area contributed by atoms with E-state index in [1.165, 1.54) is 41.8 Å². The number of hydrogen-bond donors (Lipinski definition) is 1. The highest BCUT2D eigenvalue weighted by Crippen LogP contribution is 2.33. The van der Waals surface area contributed by atoms with Crippen LogP contribution in [0.2, 0.25) is 0 Å². The molecule has 7 nitrogen and oxygen atoms in total. The number of ether oxygens (including phenoxy) is 1. The van der Waals surface area contributed by atoms with Gasteiger partial charge in [0.15, 0.2) is 0 Å². The van der Waals surface area contributed by atoms with Crippen molar-refractivity contribution in [3.63, 3.8) is 0 Å². The first-order chi connectivity index (χ1) is 17.3. The number of carbonyl (C=O) groups excluding carboxylic acids is 1. The molecule has 3 heterocycles. The number of thiocarbonyl (C=S) groups is 1. The maximum absolute atomic E-state index is 13.5. The molecule has 1 amide bonds. The summed E-state index contributed by atoms with van der Waals surface area (Å²) in [7, 11) is 0.